The van der Waals surface area contributed by atoms with Crippen LogP contribution in [0.15, 0.2) is 84.9 Å². The van der Waals surface area contributed by atoms with Crippen molar-refractivity contribution in [3.8, 4) is 0 Å². The molecule has 160 valence electrons. The van der Waals surface area contributed by atoms with Crippen LogP contribution in [-0.2, 0) is 6.54 Å². The lowest BCUT2D eigenvalue weighted by Gasteiger charge is -2.38. The fourth-order valence-electron chi connectivity index (χ4n) is 4.82. The summed E-state index contributed by atoms with van der Waals surface area (Å²) in [5.41, 5.74) is 4.68. The van der Waals surface area contributed by atoms with E-state index in [0.717, 1.165) is 28.8 Å². The molecule has 1 aliphatic heterocycles. The van der Waals surface area contributed by atoms with E-state index in [1.165, 1.54) is 0 Å². The predicted octanol–water partition coefficient (Wildman–Crippen LogP) is 5.35. The molecule has 0 saturated heterocycles. The van der Waals surface area contributed by atoms with Crippen LogP contribution in [0, 0.1) is 16.0 Å². The number of fused-ring (bicyclic) bond motifs is 3. The highest BCUT2D eigenvalue weighted by atomic mass is 16.6. The number of amides is 1. The summed E-state index contributed by atoms with van der Waals surface area (Å²) in [4.78, 5) is 23.8. The minimum absolute atomic E-state index is 0.0358. The molecule has 1 aliphatic carbocycles. The van der Waals surface area contributed by atoms with Gasteiger partial charge in [-0.05, 0) is 35.1 Å². The lowest BCUT2D eigenvalue weighted by molar-refractivity contribution is -0.384. The molecule has 1 amide bonds. The lowest BCUT2D eigenvalue weighted by Crippen LogP contribution is -2.32. The van der Waals surface area contributed by atoms with Crippen LogP contribution < -0.4 is 10.6 Å². The number of hydrogen-bond acceptors (Lipinski definition) is 4. The van der Waals surface area contributed by atoms with Gasteiger partial charge in [0.2, 0.25) is 0 Å². The number of nitrogens with zero attached hydrogens (tertiary/aromatic N) is 1. The second kappa shape index (κ2) is 8.30. The van der Waals surface area contributed by atoms with Gasteiger partial charge in [0.25, 0.3) is 11.6 Å². The predicted molar refractivity (Wildman–Crippen MR) is 124 cm³/mol. The number of rotatable bonds is 5. The minimum atomic E-state index is -0.386. The van der Waals surface area contributed by atoms with Gasteiger partial charge in [-0.3, -0.25) is 14.9 Å². The number of carbonyl (C=O) groups excluding carboxylic acids is 1. The Balaban J connectivity index is 1.45. The topological polar surface area (TPSA) is 84.3 Å². The molecule has 2 N–H and O–H groups in total. The molecule has 32 heavy (non-hydrogen) atoms. The number of para-hydroxylation sites is 1. The van der Waals surface area contributed by atoms with Gasteiger partial charge in [-0.25, -0.2) is 0 Å². The van der Waals surface area contributed by atoms with Crippen molar-refractivity contribution in [2.24, 2.45) is 5.92 Å². The van der Waals surface area contributed by atoms with Crippen molar-refractivity contribution < 1.29 is 9.72 Å². The van der Waals surface area contributed by atoms with Crippen LogP contribution in [-0.4, -0.2) is 10.8 Å². The van der Waals surface area contributed by atoms with Crippen molar-refractivity contribution in [3.63, 3.8) is 0 Å². The quantitative estimate of drug-likeness (QED) is 0.328. The molecule has 0 aromatic heterocycles. The Bertz CT molecular complexity index is 1190. The average Bonchev–Trinajstić information content (AvgIpc) is 3.33. The van der Waals surface area contributed by atoms with Gasteiger partial charge >= 0.3 is 0 Å². The van der Waals surface area contributed by atoms with Gasteiger partial charge in [-0.15, -0.1) is 0 Å². The smallest absolute Gasteiger partial charge is 0.269 e. The number of nitro groups is 1. The third kappa shape index (κ3) is 3.64. The summed E-state index contributed by atoms with van der Waals surface area (Å²) >= 11 is 0. The van der Waals surface area contributed by atoms with Crippen molar-refractivity contribution in [2.45, 2.75) is 24.9 Å². The first-order valence-corrected chi connectivity index (χ1v) is 10.7. The number of allylic oxidation sites excluding steroid dienone is 2. The zero-order valence-electron chi connectivity index (χ0n) is 17.4. The molecule has 6 heteroatoms. The van der Waals surface area contributed by atoms with Crippen LogP contribution in [0.4, 0.5) is 11.4 Å². The summed E-state index contributed by atoms with van der Waals surface area (Å²) in [6.45, 7) is 0.459. The first kappa shape index (κ1) is 20.0. The van der Waals surface area contributed by atoms with E-state index in [0.29, 0.717) is 18.0 Å². The molecule has 3 aromatic rings. The number of nitro benzene ring substituents is 1. The fraction of sp³-hybridized carbons (Fsp3) is 0.192. The summed E-state index contributed by atoms with van der Waals surface area (Å²) < 4.78 is 0. The normalized spacial score (nSPS) is 20.7. The zero-order chi connectivity index (χ0) is 22.1. The molecule has 3 unspecified atom stereocenters. The van der Waals surface area contributed by atoms with Gasteiger partial charge < -0.3 is 10.6 Å². The first-order chi connectivity index (χ1) is 15.6. The average molecular weight is 425 g/mol. The maximum atomic E-state index is 13.1. The largest absolute Gasteiger partial charge is 0.377 e. The number of hydrogen-bond donors (Lipinski definition) is 2. The third-order valence-corrected chi connectivity index (χ3v) is 6.40. The number of non-ortho nitro benzene ring substituents is 1. The van der Waals surface area contributed by atoms with E-state index in [9.17, 15) is 14.9 Å². The molecular formula is C26H23N3O3. The van der Waals surface area contributed by atoms with Crippen molar-refractivity contribution in [3.05, 3.63) is 117 Å². The van der Waals surface area contributed by atoms with E-state index in [2.05, 4.69) is 28.9 Å². The van der Waals surface area contributed by atoms with Gasteiger partial charge in [0, 0.05) is 24.6 Å². The minimum Gasteiger partial charge on any atom is -0.377 e. The molecule has 0 saturated carbocycles. The standard InChI is InChI=1S/C26H23N3O3/c30-26(27-16-17-6-2-1-3-7-17)23-11-5-10-22-20-8-4-9-21(20)24(28-25(22)23)18-12-14-19(15-13-18)29(31)32/h1-8,10-15,20-21,24,28H,9,16H2,(H,27,30). The molecule has 3 atom stereocenters. The monoisotopic (exact) mass is 425 g/mol. The summed E-state index contributed by atoms with van der Waals surface area (Å²) in [6.07, 6.45) is 5.32. The molecule has 5 rings (SSSR count). The Morgan fingerprint density at radius 3 is 2.56 bits per heavy atom. The Hall–Kier alpha value is -3.93. The number of carbonyl (C=O) groups is 1. The Labute approximate surface area is 186 Å². The Morgan fingerprint density at radius 2 is 1.81 bits per heavy atom. The molecule has 0 fully saturated rings. The van der Waals surface area contributed by atoms with Crippen molar-refractivity contribution in [1.82, 2.24) is 5.32 Å². The number of benzene rings is 3. The second-order valence-electron chi connectivity index (χ2n) is 8.26. The second-order valence-corrected chi connectivity index (χ2v) is 8.26. The Morgan fingerprint density at radius 1 is 1.03 bits per heavy atom. The van der Waals surface area contributed by atoms with E-state index in [4.69, 9.17) is 0 Å². The summed E-state index contributed by atoms with van der Waals surface area (Å²) in [7, 11) is 0. The van der Waals surface area contributed by atoms with E-state index in [-0.39, 0.29) is 28.5 Å². The summed E-state index contributed by atoms with van der Waals surface area (Å²) in [5.74, 6) is 0.376. The molecule has 6 nitrogen and oxygen atoms in total. The summed E-state index contributed by atoms with van der Waals surface area (Å²) in [6, 6.07) is 22.4. The van der Waals surface area contributed by atoms with Crippen LogP contribution >= 0.6 is 0 Å². The molecule has 1 heterocycles. The molecule has 3 aromatic carbocycles. The molecule has 2 aliphatic rings. The van der Waals surface area contributed by atoms with Crippen molar-refractivity contribution >= 4 is 17.3 Å². The zero-order valence-corrected chi connectivity index (χ0v) is 17.4. The van der Waals surface area contributed by atoms with Gasteiger partial charge in [0.1, 0.15) is 0 Å². The van der Waals surface area contributed by atoms with Crippen LogP contribution in [0.5, 0.6) is 0 Å². The summed E-state index contributed by atoms with van der Waals surface area (Å²) in [5, 5.41) is 17.7. The van der Waals surface area contributed by atoms with Gasteiger partial charge in [-0.2, -0.15) is 0 Å². The van der Waals surface area contributed by atoms with Gasteiger partial charge in [-0.1, -0.05) is 66.7 Å². The third-order valence-electron chi connectivity index (χ3n) is 6.40. The number of nitrogens with one attached hydrogen (secondary N) is 2. The maximum absolute atomic E-state index is 13.1. The molecular weight excluding hydrogens is 402 g/mol. The van der Waals surface area contributed by atoms with Gasteiger partial charge in [0.15, 0.2) is 0 Å². The fourth-order valence-corrected chi connectivity index (χ4v) is 4.82. The first-order valence-electron chi connectivity index (χ1n) is 10.7. The van der Waals surface area contributed by atoms with E-state index in [1.54, 1.807) is 12.1 Å². The number of anilines is 1. The Kier molecular flexibility index (Phi) is 5.19. The van der Waals surface area contributed by atoms with E-state index < -0.39 is 0 Å². The lowest BCUT2D eigenvalue weighted by atomic mass is 9.76. The van der Waals surface area contributed by atoms with Crippen molar-refractivity contribution in [1.29, 1.82) is 0 Å². The van der Waals surface area contributed by atoms with Crippen molar-refractivity contribution in [2.75, 3.05) is 5.32 Å². The van der Waals surface area contributed by atoms with Crippen LogP contribution in [0.3, 0.4) is 0 Å². The SMILES string of the molecule is O=C(NCc1ccccc1)c1cccc2c1NC(c1ccc([N+](=O)[O-])cc1)C1CC=CC21. The van der Waals surface area contributed by atoms with E-state index >= 15 is 0 Å². The van der Waals surface area contributed by atoms with Crippen LogP contribution in [0.2, 0.25) is 0 Å². The highest BCUT2D eigenvalue weighted by molar-refractivity contribution is 6.00. The highest BCUT2D eigenvalue weighted by Gasteiger charge is 2.39. The molecule has 0 spiro atoms. The molecule has 0 bridgehead atoms. The van der Waals surface area contributed by atoms with E-state index in [1.807, 2.05) is 54.6 Å². The van der Waals surface area contributed by atoms with Crippen LogP contribution in [0.25, 0.3) is 0 Å². The molecule has 0 radical (unpaired) electrons. The maximum Gasteiger partial charge on any atom is 0.269 e. The highest BCUT2D eigenvalue weighted by Crippen LogP contribution is 2.50. The van der Waals surface area contributed by atoms with Crippen LogP contribution in [0.1, 0.15) is 45.4 Å². The van der Waals surface area contributed by atoms with Gasteiger partial charge in [0.05, 0.1) is 22.2 Å².